The van der Waals surface area contributed by atoms with Gasteiger partial charge in [-0.15, -0.1) is 0 Å². The van der Waals surface area contributed by atoms with Gasteiger partial charge in [0.05, 0.1) is 0 Å². The standard InChI is InChI=1S/C6H6O2.C4H10N2.Pt/c7-4-6(5-8)2-1-3-6;5-3-1-2-4-6;/h1-3H2;5-6H,1-4H2;/q2*-2;+4. The van der Waals surface area contributed by atoms with Gasteiger partial charge < -0.3 is 21.1 Å². The van der Waals surface area contributed by atoms with Crippen molar-refractivity contribution in [2.24, 2.45) is 5.41 Å². The molecule has 88 valence electrons. The molecule has 0 unspecified atom stereocenters. The second kappa shape index (κ2) is 10.5. The molecule has 1 aliphatic carbocycles. The molecular formula is C10H16N2O2Pt. The van der Waals surface area contributed by atoms with Crippen molar-refractivity contribution in [3.8, 4) is 0 Å². The van der Waals surface area contributed by atoms with Gasteiger partial charge in [0, 0.05) is 0 Å². The van der Waals surface area contributed by atoms with Crippen LogP contribution in [0.3, 0.4) is 0 Å². The van der Waals surface area contributed by atoms with Crippen molar-refractivity contribution in [3.05, 3.63) is 11.5 Å². The van der Waals surface area contributed by atoms with E-state index in [0.29, 0.717) is 25.9 Å². The minimum Gasteiger partial charge on any atom is -0.677 e. The molecule has 1 aliphatic rings. The van der Waals surface area contributed by atoms with Crippen molar-refractivity contribution >= 4 is 12.6 Å². The van der Waals surface area contributed by atoms with Crippen molar-refractivity contribution in [1.29, 1.82) is 0 Å². The molecule has 0 spiro atoms. The van der Waals surface area contributed by atoms with Crippen LogP contribution in [0.15, 0.2) is 0 Å². The van der Waals surface area contributed by atoms with Gasteiger partial charge in [0.2, 0.25) is 0 Å². The van der Waals surface area contributed by atoms with Gasteiger partial charge in [-0.1, -0.05) is 32.1 Å². The van der Waals surface area contributed by atoms with E-state index < -0.39 is 5.41 Å². The van der Waals surface area contributed by atoms with Crippen molar-refractivity contribution in [2.45, 2.75) is 32.1 Å². The van der Waals surface area contributed by atoms with Gasteiger partial charge in [-0.2, -0.15) is 13.1 Å². The zero-order valence-electron chi connectivity index (χ0n) is 8.58. The van der Waals surface area contributed by atoms with Crippen LogP contribution in [0.1, 0.15) is 32.1 Å². The predicted molar refractivity (Wildman–Crippen MR) is 55.3 cm³/mol. The summed E-state index contributed by atoms with van der Waals surface area (Å²) in [6.07, 6.45) is 7.44. The van der Waals surface area contributed by atoms with Crippen LogP contribution in [0.2, 0.25) is 0 Å². The van der Waals surface area contributed by atoms with Gasteiger partial charge in [0.25, 0.3) is 0 Å². The quantitative estimate of drug-likeness (QED) is 0.409. The molecule has 0 bridgehead atoms. The summed E-state index contributed by atoms with van der Waals surface area (Å²) in [4.78, 5) is 19.9. The Labute approximate surface area is 105 Å². The maximum absolute atomic E-state index is 9.95. The Morgan fingerprint density at radius 1 is 1.00 bits per heavy atom. The van der Waals surface area contributed by atoms with Crippen LogP contribution in [-0.2, 0) is 30.7 Å². The molecule has 0 saturated heterocycles. The Morgan fingerprint density at radius 3 is 1.47 bits per heavy atom. The maximum Gasteiger partial charge on any atom is 4.00 e. The maximum atomic E-state index is 9.95. The van der Waals surface area contributed by atoms with Crippen LogP contribution in [0.5, 0.6) is 0 Å². The summed E-state index contributed by atoms with van der Waals surface area (Å²) in [5, 5.41) is 0. The molecule has 1 fully saturated rings. The van der Waals surface area contributed by atoms with E-state index in [-0.39, 0.29) is 21.1 Å². The van der Waals surface area contributed by atoms with E-state index in [9.17, 15) is 9.59 Å². The summed E-state index contributed by atoms with van der Waals surface area (Å²) in [5.41, 5.74) is 12.4. The molecule has 1 rings (SSSR count). The average molecular weight is 391 g/mol. The van der Waals surface area contributed by atoms with Gasteiger partial charge in [0.1, 0.15) is 0 Å². The summed E-state index contributed by atoms with van der Waals surface area (Å²) < 4.78 is 0. The fourth-order valence-electron chi connectivity index (χ4n) is 1.01. The summed E-state index contributed by atoms with van der Waals surface area (Å²) in [7, 11) is 0. The van der Waals surface area contributed by atoms with Crippen LogP contribution in [0, 0.1) is 5.41 Å². The zero-order chi connectivity index (χ0) is 10.9. The molecule has 0 aromatic carbocycles. The first-order valence-electron chi connectivity index (χ1n) is 4.82. The van der Waals surface area contributed by atoms with Crippen molar-refractivity contribution in [3.63, 3.8) is 0 Å². The van der Waals surface area contributed by atoms with Gasteiger partial charge in [-0.3, -0.25) is 12.6 Å². The monoisotopic (exact) mass is 391 g/mol. The average Bonchev–Trinajstić information content (AvgIpc) is 2.16. The molecule has 1 saturated carbocycles. The van der Waals surface area contributed by atoms with E-state index in [1.54, 1.807) is 12.6 Å². The van der Waals surface area contributed by atoms with Crippen LogP contribution in [0.4, 0.5) is 0 Å². The van der Waals surface area contributed by atoms with E-state index >= 15 is 0 Å². The summed E-state index contributed by atoms with van der Waals surface area (Å²) in [6.45, 7) is 0.970. The smallest absolute Gasteiger partial charge is 0.677 e. The fourth-order valence-corrected chi connectivity index (χ4v) is 1.01. The molecule has 0 radical (unpaired) electrons. The third-order valence-electron chi connectivity index (χ3n) is 2.20. The van der Waals surface area contributed by atoms with Crippen LogP contribution < -0.4 is 0 Å². The molecule has 0 aromatic rings. The molecule has 5 heteroatoms. The van der Waals surface area contributed by atoms with Gasteiger partial charge in [-0.25, -0.2) is 5.41 Å². The Morgan fingerprint density at radius 2 is 1.40 bits per heavy atom. The number of nitrogens with one attached hydrogen (secondary N) is 2. The minimum atomic E-state index is -0.806. The van der Waals surface area contributed by atoms with E-state index in [0.717, 1.165) is 19.3 Å². The Bertz CT molecular complexity index is 159. The SMILES string of the molecule is O=[C-]C1([C-]=O)CCC1.[NH-]CCCC[NH-].[Pt+4]. The number of unbranched alkanes of at least 4 members (excludes halogenated alkanes) is 1. The molecule has 0 atom stereocenters. The van der Waals surface area contributed by atoms with Crippen LogP contribution in [-0.4, -0.2) is 25.7 Å². The topological polar surface area (TPSA) is 81.7 Å². The molecular weight excluding hydrogens is 375 g/mol. The van der Waals surface area contributed by atoms with E-state index in [4.69, 9.17) is 11.5 Å². The molecule has 4 nitrogen and oxygen atoms in total. The largest absolute Gasteiger partial charge is 4.00 e. The number of hydrogen-bond acceptors (Lipinski definition) is 2. The van der Waals surface area contributed by atoms with Gasteiger partial charge in [-0.05, 0) is 0 Å². The normalized spacial score (nSPS) is 16.1. The number of hydrogen-bond donors (Lipinski definition) is 0. The second-order valence-electron chi connectivity index (χ2n) is 3.35. The Kier molecular flexibility index (Phi) is 12.1. The fraction of sp³-hybridized carbons (Fsp3) is 0.800. The first-order valence-corrected chi connectivity index (χ1v) is 4.82. The van der Waals surface area contributed by atoms with Crippen LogP contribution in [0.25, 0.3) is 11.5 Å². The summed E-state index contributed by atoms with van der Waals surface area (Å²) in [6, 6.07) is 0. The molecule has 0 aromatic heterocycles. The third-order valence-corrected chi connectivity index (χ3v) is 2.20. The Hall–Kier alpha value is -0.0517. The molecule has 0 amide bonds. The molecule has 0 heterocycles. The zero-order valence-corrected chi connectivity index (χ0v) is 10.9. The van der Waals surface area contributed by atoms with E-state index in [1.807, 2.05) is 0 Å². The van der Waals surface area contributed by atoms with E-state index in [2.05, 4.69) is 0 Å². The van der Waals surface area contributed by atoms with Crippen molar-refractivity contribution in [1.82, 2.24) is 0 Å². The molecule has 15 heavy (non-hydrogen) atoms. The summed E-state index contributed by atoms with van der Waals surface area (Å²) >= 11 is 0. The van der Waals surface area contributed by atoms with Crippen molar-refractivity contribution < 1.29 is 30.7 Å². The first kappa shape index (κ1) is 17.3. The minimum absolute atomic E-state index is 0. The van der Waals surface area contributed by atoms with Crippen LogP contribution >= 0.6 is 0 Å². The van der Waals surface area contributed by atoms with Crippen molar-refractivity contribution in [2.75, 3.05) is 13.1 Å². The number of rotatable bonds is 5. The molecule has 0 aliphatic heterocycles. The Balaban J connectivity index is 0. The van der Waals surface area contributed by atoms with E-state index in [1.165, 1.54) is 0 Å². The van der Waals surface area contributed by atoms with Gasteiger partial charge >= 0.3 is 21.1 Å². The first-order chi connectivity index (χ1) is 6.74. The predicted octanol–water partition coefficient (Wildman–Crippen LogP) is 2.24. The van der Waals surface area contributed by atoms with Gasteiger partial charge in [0.15, 0.2) is 0 Å². The summed E-state index contributed by atoms with van der Waals surface area (Å²) in [5.74, 6) is 0. The molecule has 2 N–H and O–H groups in total. The third kappa shape index (κ3) is 6.93. The second-order valence-corrected chi connectivity index (χ2v) is 3.35. The number of carbonyl (C=O) groups excluding carboxylic acids is 2.